The standard InChI is InChI=1S/C19H21N3O3/c1-19(2,3)22-13-14(12-20-22)7-8-17(23)15-5-4-6-16(11-15)21-9-10-25-18(21)24/h4-8,11-13H,9-10H2,1-3H3. The van der Waals surface area contributed by atoms with Crippen molar-refractivity contribution in [3.8, 4) is 0 Å². The van der Waals surface area contributed by atoms with Crippen molar-refractivity contribution in [2.24, 2.45) is 0 Å². The van der Waals surface area contributed by atoms with E-state index < -0.39 is 0 Å². The maximum absolute atomic E-state index is 12.4. The number of ketones is 1. The Bertz CT molecular complexity index is 830. The van der Waals surface area contributed by atoms with E-state index in [4.69, 9.17) is 4.74 Å². The minimum Gasteiger partial charge on any atom is -0.447 e. The average Bonchev–Trinajstić information content (AvgIpc) is 3.21. The number of amides is 1. The Morgan fingerprint density at radius 3 is 2.76 bits per heavy atom. The van der Waals surface area contributed by atoms with Gasteiger partial charge >= 0.3 is 6.09 Å². The molecule has 1 aliphatic heterocycles. The second-order valence-electron chi connectivity index (χ2n) is 6.90. The van der Waals surface area contributed by atoms with Gasteiger partial charge in [-0.1, -0.05) is 12.1 Å². The largest absolute Gasteiger partial charge is 0.447 e. The lowest BCUT2D eigenvalue weighted by Gasteiger charge is -2.18. The molecule has 6 nitrogen and oxygen atoms in total. The van der Waals surface area contributed by atoms with Gasteiger partial charge in [-0.2, -0.15) is 5.10 Å². The van der Waals surface area contributed by atoms with Gasteiger partial charge in [0, 0.05) is 23.0 Å². The summed E-state index contributed by atoms with van der Waals surface area (Å²) < 4.78 is 6.79. The van der Waals surface area contributed by atoms with Gasteiger partial charge in [0.1, 0.15) is 6.61 Å². The number of ether oxygens (including phenoxy) is 1. The number of rotatable bonds is 4. The minimum atomic E-state index is -0.380. The number of nitrogens with zero attached hydrogens (tertiary/aromatic N) is 3. The number of benzene rings is 1. The first-order valence-corrected chi connectivity index (χ1v) is 8.16. The summed E-state index contributed by atoms with van der Waals surface area (Å²) in [4.78, 5) is 25.6. The lowest BCUT2D eigenvalue weighted by molar-refractivity contribution is 0.104. The van der Waals surface area contributed by atoms with Crippen LogP contribution >= 0.6 is 0 Å². The molecule has 0 unspecified atom stereocenters. The number of carbonyl (C=O) groups is 2. The molecule has 0 saturated carbocycles. The van der Waals surface area contributed by atoms with Crippen molar-refractivity contribution < 1.29 is 14.3 Å². The Morgan fingerprint density at radius 2 is 2.12 bits per heavy atom. The van der Waals surface area contributed by atoms with E-state index in [1.54, 1.807) is 36.5 Å². The summed E-state index contributed by atoms with van der Waals surface area (Å²) in [6.07, 6.45) is 6.51. The molecule has 1 aromatic heterocycles. The topological polar surface area (TPSA) is 64.4 Å². The van der Waals surface area contributed by atoms with Gasteiger partial charge in [0.15, 0.2) is 5.78 Å². The van der Waals surface area contributed by atoms with E-state index >= 15 is 0 Å². The fraction of sp³-hybridized carbons (Fsp3) is 0.316. The molecular formula is C19H21N3O3. The first kappa shape index (κ1) is 17.0. The third-order valence-electron chi connectivity index (χ3n) is 3.92. The minimum absolute atomic E-state index is 0.102. The quantitative estimate of drug-likeness (QED) is 0.632. The molecule has 2 heterocycles. The van der Waals surface area contributed by atoms with Crippen LogP contribution in [-0.4, -0.2) is 34.8 Å². The van der Waals surface area contributed by atoms with Crippen molar-refractivity contribution >= 4 is 23.6 Å². The molecule has 130 valence electrons. The summed E-state index contributed by atoms with van der Waals surface area (Å²) in [6, 6.07) is 6.99. The Morgan fingerprint density at radius 1 is 1.32 bits per heavy atom. The fourth-order valence-electron chi connectivity index (χ4n) is 2.51. The molecule has 0 aliphatic carbocycles. The summed E-state index contributed by atoms with van der Waals surface area (Å²) in [5.74, 6) is -0.127. The highest BCUT2D eigenvalue weighted by molar-refractivity contribution is 6.07. The summed E-state index contributed by atoms with van der Waals surface area (Å²) in [7, 11) is 0. The third-order valence-corrected chi connectivity index (χ3v) is 3.92. The van der Waals surface area contributed by atoms with Crippen LogP contribution in [0.5, 0.6) is 0 Å². The van der Waals surface area contributed by atoms with Crippen molar-refractivity contribution in [2.75, 3.05) is 18.1 Å². The van der Waals surface area contributed by atoms with E-state index in [1.165, 1.54) is 11.0 Å². The van der Waals surface area contributed by atoms with Gasteiger partial charge in [-0.15, -0.1) is 0 Å². The van der Waals surface area contributed by atoms with Gasteiger partial charge in [-0.3, -0.25) is 14.4 Å². The lowest BCUT2D eigenvalue weighted by Crippen LogP contribution is -2.23. The number of hydrogen-bond donors (Lipinski definition) is 0. The number of aromatic nitrogens is 2. The second-order valence-corrected chi connectivity index (χ2v) is 6.90. The molecule has 3 rings (SSSR count). The summed E-state index contributed by atoms with van der Waals surface area (Å²) in [5, 5.41) is 4.31. The van der Waals surface area contributed by atoms with Gasteiger partial charge < -0.3 is 4.74 Å². The average molecular weight is 339 g/mol. The van der Waals surface area contributed by atoms with Crippen molar-refractivity contribution in [1.29, 1.82) is 0 Å². The van der Waals surface area contributed by atoms with Crippen LogP contribution in [0.25, 0.3) is 6.08 Å². The molecule has 0 atom stereocenters. The molecule has 1 saturated heterocycles. The molecule has 1 aromatic carbocycles. The first-order valence-electron chi connectivity index (χ1n) is 8.16. The summed E-state index contributed by atoms with van der Waals surface area (Å²) >= 11 is 0. The molecule has 0 radical (unpaired) electrons. The number of allylic oxidation sites excluding steroid dienone is 1. The lowest BCUT2D eigenvalue weighted by atomic mass is 10.1. The molecule has 6 heteroatoms. The first-order chi connectivity index (χ1) is 11.8. The normalized spacial score (nSPS) is 15.0. The molecule has 25 heavy (non-hydrogen) atoms. The zero-order valence-electron chi connectivity index (χ0n) is 14.6. The third kappa shape index (κ3) is 3.79. The highest BCUT2D eigenvalue weighted by atomic mass is 16.6. The Kier molecular flexibility index (Phi) is 4.44. The Hall–Kier alpha value is -2.89. The Labute approximate surface area is 146 Å². The summed E-state index contributed by atoms with van der Waals surface area (Å²) in [5.41, 5.74) is 1.95. The smallest absolute Gasteiger partial charge is 0.414 e. The maximum Gasteiger partial charge on any atom is 0.414 e. The molecular weight excluding hydrogens is 318 g/mol. The van der Waals surface area contributed by atoms with Gasteiger partial charge in [-0.05, 0) is 45.1 Å². The Balaban J connectivity index is 1.75. The molecule has 1 aliphatic rings. The predicted molar refractivity (Wildman–Crippen MR) is 95.7 cm³/mol. The zero-order valence-corrected chi connectivity index (χ0v) is 14.6. The van der Waals surface area contributed by atoms with Crippen LogP contribution in [0.1, 0.15) is 36.7 Å². The van der Waals surface area contributed by atoms with Crippen molar-refractivity contribution in [3.63, 3.8) is 0 Å². The molecule has 0 N–H and O–H groups in total. The van der Waals surface area contributed by atoms with Crippen LogP contribution in [-0.2, 0) is 10.3 Å². The van der Waals surface area contributed by atoms with E-state index in [-0.39, 0.29) is 17.4 Å². The number of anilines is 1. The maximum atomic E-state index is 12.4. The van der Waals surface area contributed by atoms with Crippen LogP contribution in [0.4, 0.5) is 10.5 Å². The van der Waals surface area contributed by atoms with Crippen LogP contribution in [0, 0.1) is 0 Å². The predicted octanol–water partition coefficient (Wildman–Crippen LogP) is 3.49. The summed E-state index contributed by atoms with van der Waals surface area (Å²) in [6.45, 7) is 7.06. The van der Waals surface area contributed by atoms with Crippen molar-refractivity contribution in [2.45, 2.75) is 26.3 Å². The monoisotopic (exact) mass is 339 g/mol. The van der Waals surface area contributed by atoms with Crippen LogP contribution < -0.4 is 4.90 Å². The van der Waals surface area contributed by atoms with E-state index in [1.807, 2.05) is 10.9 Å². The van der Waals surface area contributed by atoms with Gasteiger partial charge in [0.25, 0.3) is 0 Å². The van der Waals surface area contributed by atoms with Gasteiger partial charge in [-0.25, -0.2) is 4.79 Å². The fourth-order valence-corrected chi connectivity index (χ4v) is 2.51. The van der Waals surface area contributed by atoms with E-state index in [2.05, 4.69) is 25.9 Å². The van der Waals surface area contributed by atoms with Gasteiger partial charge in [0.05, 0.1) is 18.3 Å². The molecule has 0 spiro atoms. The van der Waals surface area contributed by atoms with E-state index in [0.29, 0.717) is 24.4 Å². The van der Waals surface area contributed by atoms with Crippen LogP contribution in [0.15, 0.2) is 42.7 Å². The molecule has 0 bridgehead atoms. The zero-order chi connectivity index (χ0) is 18.0. The van der Waals surface area contributed by atoms with Crippen LogP contribution in [0.3, 0.4) is 0 Å². The molecule has 2 aromatic rings. The van der Waals surface area contributed by atoms with Crippen LogP contribution in [0.2, 0.25) is 0 Å². The molecule has 1 amide bonds. The van der Waals surface area contributed by atoms with Crippen molar-refractivity contribution in [3.05, 3.63) is 53.9 Å². The number of hydrogen-bond acceptors (Lipinski definition) is 4. The highest BCUT2D eigenvalue weighted by Gasteiger charge is 2.23. The van der Waals surface area contributed by atoms with Crippen molar-refractivity contribution in [1.82, 2.24) is 9.78 Å². The van der Waals surface area contributed by atoms with E-state index in [0.717, 1.165) is 5.56 Å². The van der Waals surface area contributed by atoms with E-state index in [9.17, 15) is 9.59 Å². The number of carbonyl (C=O) groups excluding carboxylic acids is 2. The SMILES string of the molecule is CC(C)(C)n1cc(C=CC(=O)c2cccc(N3CCOC3=O)c2)cn1. The molecule has 1 fully saturated rings. The highest BCUT2D eigenvalue weighted by Crippen LogP contribution is 2.21. The number of cyclic esters (lactones) is 1. The second kappa shape index (κ2) is 6.55. The van der Waals surface area contributed by atoms with Gasteiger partial charge in [0.2, 0.25) is 0 Å².